The second kappa shape index (κ2) is 8.40. The van der Waals surface area contributed by atoms with Crippen LogP contribution in [0.5, 0.6) is 0 Å². The lowest BCUT2D eigenvalue weighted by Crippen LogP contribution is -2.03. The van der Waals surface area contributed by atoms with Crippen LogP contribution in [-0.4, -0.2) is 25.7 Å². The van der Waals surface area contributed by atoms with Gasteiger partial charge in [0.25, 0.3) is 0 Å². The number of aromatic nitrogens is 3. The molecule has 0 N–H and O–H groups in total. The van der Waals surface area contributed by atoms with Crippen LogP contribution in [0.25, 0.3) is 45.1 Å². The van der Waals surface area contributed by atoms with Gasteiger partial charge in [0.15, 0.2) is 17.2 Å². The van der Waals surface area contributed by atoms with Crippen molar-refractivity contribution in [1.82, 2.24) is 14.1 Å². The lowest BCUT2D eigenvalue weighted by atomic mass is 10.0. The number of carbonyl (C=O) groups excluding carboxylic acids is 2. The van der Waals surface area contributed by atoms with Gasteiger partial charge < -0.3 is 4.57 Å². The van der Waals surface area contributed by atoms with Crippen LogP contribution >= 0.6 is 11.6 Å². The van der Waals surface area contributed by atoms with E-state index in [-0.39, 0.29) is 17.1 Å². The zero-order valence-electron chi connectivity index (χ0n) is 20.4. The van der Waals surface area contributed by atoms with E-state index in [0.29, 0.717) is 21.8 Å². The Kier molecular flexibility index (Phi) is 4.96. The van der Waals surface area contributed by atoms with Gasteiger partial charge in [0.1, 0.15) is 5.82 Å². The van der Waals surface area contributed by atoms with Crippen LogP contribution in [-0.2, 0) is 7.05 Å². The number of ketones is 2. The van der Waals surface area contributed by atoms with Crippen LogP contribution in [0.4, 0.5) is 0 Å². The van der Waals surface area contributed by atoms with E-state index in [9.17, 15) is 9.59 Å². The highest BCUT2D eigenvalue weighted by Crippen LogP contribution is 2.34. The molecule has 2 aromatic heterocycles. The third-order valence-electron chi connectivity index (χ3n) is 7.15. The smallest absolute Gasteiger partial charge is 0.197 e. The molecule has 6 heteroatoms. The van der Waals surface area contributed by atoms with E-state index in [0.717, 1.165) is 39.0 Å². The van der Waals surface area contributed by atoms with Crippen molar-refractivity contribution in [1.29, 1.82) is 0 Å². The third kappa shape index (κ3) is 3.36. The first-order chi connectivity index (χ1) is 18.5. The first-order valence-corrected chi connectivity index (χ1v) is 12.6. The highest BCUT2D eigenvalue weighted by atomic mass is 35.5. The summed E-state index contributed by atoms with van der Waals surface area (Å²) in [6.07, 6.45) is 1.70. The molecule has 0 fully saturated rings. The summed E-state index contributed by atoms with van der Waals surface area (Å²) in [7, 11) is 1.96. The molecule has 0 unspecified atom stereocenters. The number of aryl methyl sites for hydroxylation is 1. The largest absolute Gasteiger partial charge is 0.326 e. The molecule has 182 valence electrons. The molecule has 0 saturated heterocycles. The molecule has 6 aromatic rings. The Morgan fingerprint density at radius 3 is 2.00 bits per heavy atom. The molecule has 38 heavy (non-hydrogen) atoms. The second-order valence-corrected chi connectivity index (χ2v) is 9.85. The van der Waals surface area contributed by atoms with Crippen LogP contribution < -0.4 is 0 Å². The highest BCUT2D eigenvalue weighted by Gasteiger charge is 2.34. The number of hydrogen-bond donors (Lipinski definition) is 0. The van der Waals surface area contributed by atoms with Crippen LogP contribution in [0, 0.1) is 0 Å². The van der Waals surface area contributed by atoms with Crippen molar-refractivity contribution in [2.45, 2.75) is 0 Å². The Morgan fingerprint density at radius 2 is 1.37 bits per heavy atom. The number of imidazole rings is 1. The van der Waals surface area contributed by atoms with Crippen molar-refractivity contribution < 1.29 is 9.59 Å². The predicted molar refractivity (Wildman–Crippen MR) is 151 cm³/mol. The van der Waals surface area contributed by atoms with E-state index in [1.807, 2.05) is 113 Å². The number of para-hydroxylation sites is 1. The van der Waals surface area contributed by atoms with E-state index in [2.05, 4.69) is 0 Å². The molecule has 1 aliphatic carbocycles. The number of benzene rings is 4. The normalized spacial score (nSPS) is 13.1. The fraction of sp³-hybridized carbons (Fsp3) is 0.0312. The molecule has 5 nitrogen and oxygen atoms in total. The monoisotopic (exact) mass is 513 g/mol. The number of carbonyl (C=O) groups is 2. The number of allylic oxidation sites excluding steroid dienone is 1. The van der Waals surface area contributed by atoms with Crippen LogP contribution in [0.1, 0.15) is 26.4 Å². The summed E-state index contributed by atoms with van der Waals surface area (Å²) in [5.74, 6) is 0.286. The molecule has 7 rings (SSSR count). The van der Waals surface area contributed by atoms with Crippen LogP contribution in [0.3, 0.4) is 0 Å². The minimum atomic E-state index is -0.254. The van der Waals surface area contributed by atoms with Crippen molar-refractivity contribution in [3.8, 4) is 17.1 Å². The van der Waals surface area contributed by atoms with Crippen molar-refractivity contribution in [2.24, 2.45) is 7.05 Å². The highest BCUT2D eigenvalue weighted by molar-refractivity contribution is 6.42. The van der Waals surface area contributed by atoms with Crippen molar-refractivity contribution >= 4 is 51.2 Å². The fourth-order valence-electron chi connectivity index (χ4n) is 5.25. The van der Waals surface area contributed by atoms with Gasteiger partial charge in [-0.05, 0) is 71.4 Å². The molecular weight excluding hydrogens is 494 g/mol. The zero-order valence-corrected chi connectivity index (χ0v) is 21.1. The van der Waals surface area contributed by atoms with Crippen LogP contribution in [0.2, 0.25) is 5.02 Å². The molecule has 0 bridgehead atoms. The maximum Gasteiger partial charge on any atom is 0.197 e. The first kappa shape index (κ1) is 22.5. The summed E-state index contributed by atoms with van der Waals surface area (Å²) in [5.41, 5.74) is 5.21. The summed E-state index contributed by atoms with van der Waals surface area (Å²) >= 11 is 6.10. The van der Waals surface area contributed by atoms with Crippen molar-refractivity contribution in [3.63, 3.8) is 0 Å². The molecule has 0 saturated carbocycles. The Balaban J connectivity index is 1.42. The van der Waals surface area contributed by atoms with Crippen molar-refractivity contribution in [2.75, 3.05) is 0 Å². The molecule has 0 aliphatic heterocycles. The number of rotatable bonds is 3. The molecule has 0 amide bonds. The molecule has 0 spiro atoms. The van der Waals surface area contributed by atoms with Gasteiger partial charge in [0.05, 0.1) is 16.8 Å². The standard InChI is InChI=1S/C32H20ClN3O2/c1-35-28-18-24(17-27-29(37)25-15-20-7-5-6-8-21(20)16-26(25)30(27)38)36(23-9-3-2-4-10-23)32(28)34-31(35)19-11-13-22(33)14-12-19/h2-18H,1H3. The quantitative estimate of drug-likeness (QED) is 0.184. The molecule has 0 atom stereocenters. The maximum absolute atomic E-state index is 13.5. The van der Waals surface area contributed by atoms with Gasteiger partial charge in [-0.25, -0.2) is 4.98 Å². The molecule has 0 radical (unpaired) electrons. The molecular formula is C32H20ClN3O2. The third-order valence-corrected chi connectivity index (χ3v) is 7.40. The van der Waals surface area contributed by atoms with E-state index in [1.165, 1.54) is 0 Å². The number of Topliss-reactive ketones (excluding diaryl/α,β-unsaturated/α-hetero) is 2. The Labute approximate surface area is 223 Å². The average Bonchev–Trinajstić information content (AvgIpc) is 3.53. The summed E-state index contributed by atoms with van der Waals surface area (Å²) < 4.78 is 4.00. The second-order valence-electron chi connectivity index (χ2n) is 9.41. The summed E-state index contributed by atoms with van der Waals surface area (Å²) in [6.45, 7) is 0. The molecule has 4 aromatic carbocycles. The number of fused-ring (bicyclic) bond motifs is 3. The fourth-order valence-corrected chi connectivity index (χ4v) is 5.38. The Morgan fingerprint density at radius 1 is 0.763 bits per heavy atom. The van der Waals surface area contributed by atoms with E-state index in [1.54, 1.807) is 6.08 Å². The summed E-state index contributed by atoms with van der Waals surface area (Å²) in [6, 6.07) is 30.8. The molecule has 1 aliphatic rings. The number of halogens is 1. The Bertz CT molecular complexity index is 1910. The Hall–Kier alpha value is -4.74. The maximum atomic E-state index is 13.5. The SMILES string of the molecule is Cn1c(-c2ccc(Cl)cc2)nc2c1cc(C=C1C(=O)c3cc4ccccc4cc3C1=O)n2-c1ccccc1. The topological polar surface area (TPSA) is 56.9 Å². The van der Waals surface area contributed by atoms with Crippen molar-refractivity contribution in [3.05, 3.63) is 124 Å². The number of nitrogens with zero attached hydrogens (tertiary/aromatic N) is 3. The van der Waals surface area contributed by atoms with E-state index in [4.69, 9.17) is 16.6 Å². The van der Waals surface area contributed by atoms with E-state index >= 15 is 0 Å². The van der Waals surface area contributed by atoms with Crippen LogP contribution in [0.15, 0.2) is 103 Å². The molecule has 2 heterocycles. The van der Waals surface area contributed by atoms with Gasteiger partial charge in [0.2, 0.25) is 0 Å². The summed E-state index contributed by atoms with van der Waals surface area (Å²) in [4.78, 5) is 31.9. The van der Waals surface area contributed by atoms with E-state index < -0.39 is 0 Å². The van der Waals surface area contributed by atoms with Gasteiger partial charge in [-0.2, -0.15) is 0 Å². The average molecular weight is 514 g/mol. The lowest BCUT2D eigenvalue weighted by Gasteiger charge is -2.08. The van der Waals surface area contributed by atoms with Gasteiger partial charge in [0, 0.05) is 34.4 Å². The van der Waals surface area contributed by atoms with Gasteiger partial charge in [-0.3, -0.25) is 14.2 Å². The van der Waals surface area contributed by atoms with Gasteiger partial charge in [-0.1, -0.05) is 54.1 Å². The summed E-state index contributed by atoms with van der Waals surface area (Å²) in [5, 5.41) is 2.53. The minimum absolute atomic E-state index is 0.160. The van der Waals surface area contributed by atoms with Gasteiger partial charge >= 0.3 is 0 Å². The van der Waals surface area contributed by atoms with Gasteiger partial charge in [-0.15, -0.1) is 0 Å². The zero-order chi connectivity index (χ0) is 26.0. The number of hydrogen-bond acceptors (Lipinski definition) is 3. The minimum Gasteiger partial charge on any atom is -0.326 e. The lowest BCUT2D eigenvalue weighted by molar-refractivity contribution is 0.0990. The first-order valence-electron chi connectivity index (χ1n) is 12.2. The predicted octanol–water partition coefficient (Wildman–Crippen LogP) is 7.30.